The molecular weight excluding hydrogens is 332 g/mol. The van der Waals surface area contributed by atoms with Crippen LogP contribution in [0, 0.1) is 11.8 Å². The van der Waals surface area contributed by atoms with Gasteiger partial charge >= 0.3 is 0 Å². The molecular formula is C16H21BrN2O2. The first-order chi connectivity index (χ1) is 9.99. The van der Waals surface area contributed by atoms with Crippen LogP contribution in [0.15, 0.2) is 28.7 Å². The van der Waals surface area contributed by atoms with Crippen LogP contribution in [0.5, 0.6) is 0 Å². The zero-order valence-corrected chi connectivity index (χ0v) is 13.9. The lowest BCUT2D eigenvalue weighted by Crippen LogP contribution is -2.50. The van der Waals surface area contributed by atoms with Crippen molar-refractivity contribution in [1.29, 1.82) is 0 Å². The molecule has 1 atom stereocenters. The molecule has 1 fully saturated rings. The van der Waals surface area contributed by atoms with Crippen LogP contribution in [0.3, 0.4) is 0 Å². The molecule has 2 amide bonds. The predicted octanol–water partition coefficient (Wildman–Crippen LogP) is 2.73. The standard InChI is InChI=1S/C16H21BrN2O2/c1-10(2)14(16(21)18-9-11-7-8-11)19-15(20)12-5-3-4-6-13(12)17/h3-6,10-11,14H,7-9H2,1-2H3,(H,18,21)(H,19,20). The van der Waals surface area contributed by atoms with Crippen LogP contribution in [0.25, 0.3) is 0 Å². The van der Waals surface area contributed by atoms with Crippen LogP contribution >= 0.6 is 15.9 Å². The maximum absolute atomic E-state index is 12.3. The van der Waals surface area contributed by atoms with E-state index in [9.17, 15) is 9.59 Å². The van der Waals surface area contributed by atoms with Gasteiger partial charge in [0.05, 0.1) is 5.56 Å². The van der Waals surface area contributed by atoms with Gasteiger partial charge in [0, 0.05) is 11.0 Å². The number of amides is 2. The summed E-state index contributed by atoms with van der Waals surface area (Å²) in [7, 11) is 0. The Morgan fingerprint density at radius 3 is 2.52 bits per heavy atom. The van der Waals surface area contributed by atoms with E-state index in [-0.39, 0.29) is 17.7 Å². The van der Waals surface area contributed by atoms with E-state index in [0.717, 1.165) is 4.47 Å². The van der Waals surface area contributed by atoms with Crippen LogP contribution in [0.1, 0.15) is 37.0 Å². The highest BCUT2D eigenvalue weighted by Gasteiger charge is 2.27. The molecule has 1 aromatic carbocycles. The largest absolute Gasteiger partial charge is 0.354 e. The van der Waals surface area contributed by atoms with Gasteiger partial charge in [-0.3, -0.25) is 9.59 Å². The third kappa shape index (κ3) is 4.56. The van der Waals surface area contributed by atoms with Crippen molar-refractivity contribution < 1.29 is 9.59 Å². The fourth-order valence-electron chi connectivity index (χ4n) is 2.08. The Morgan fingerprint density at radius 1 is 1.29 bits per heavy atom. The molecule has 4 nitrogen and oxygen atoms in total. The lowest BCUT2D eigenvalue weighted by molar-refractivity contribution is -0.124. The van der Waals surface area contributed by atoms with Crippen molar-refractivity contribution in [1.82, 2.24) is 10.6 Å². The summed E-state index contributed by atoms with van der Waals surface area (Å²) in [5.41, 5.74) is 0.540. The molecule has 0 aromatic heterocycles. The van der Waals surface area contributed by atoms with E-state index in [1.807, 2.05) is 26.0 Å². The van der Waals surface area contributed by atoms with Gasteiger partial charge in [-0.25, -0.2) is 0 Å². The van der Waals surface area contributed by atoms with E-state index in [1.165, 1.54) is 12.8 Å². The van der Waals surface area contributed by atoms with Crippen LogP contribution in [0.2, 0.25) is 0 Å². The second kappa shape index (κ2) is 7.07. The summed E-state index contributed by atoms with van der Waals surface area (Å²) in [5, 5.41) is 5.77. The maximum Gasteiger partial charge on any atom is 0.253 e. The molecule has 0 bridgehead atoms. The SMILES string of the molecule is CC(C)C(NC(=O)c1ccccc1Br)C(=O)NCC1CC1. The van der Waals surface area contributed by atoms with Gasteiger partial charge in [-0.15, -0.1) is 0 Å². The van der Waals surface area contributed by atoms with Crippen LogP contribution in [-0.2, 0) is 4.79 Å². The summed E-state index contributed by atoms with van der Waals surface area (Å²) < 4.78 is 0.725. The average molecular weight is 353 g/mol. The molecule has 0 saturated heterocycles. The Morgan fingerprint density at radius 2 is 1.95 bits per heavy atom. The van der Waals surface area contributed by atoms with Crippen molar-refractivity contribution in [3.05, 3.63) is 34.3 Å². The minimum atomic E-state index is -0.511. The Kier molecular flexibility index (Phi) is 5.39. The molecule has 2 rings (SSSR count). The van der Waals surface area contributed by atoms with Crippen molar-refractivity contribution in [2.75, 3.05) is 6.54 Å². The van der Waals surface area contributed by atoms with E-state index in [2.05, 4.69) is 26.6 Å². The van der Waals surface area contributed by atoms with E-state index >= 15 is 0 Å². The second-order valence-electron chi connectivity index (χ2n) is 5.86. The number of carbonyl (C=O) groups is 2. The molecule has 5 heteroatoms. The van der Waals surface area contributed by atoms with Gasteiger partial charge in [0.1, 0.15) is 6.04 Å². The first-order valence-corrected chi connectivity index (χ1v) is 8.11. The lowest BCUT2D eigenvalue weighted by atomic mass is 10.0. The first-order valence-electron chi connectivity index (χ1n) is 7.32. The highest BCUT2D eigenvalue weighted by Crippen LogP contribution is 2.27. The molecule has 0 heterocycles. The van der Waals surface area contributed by atoms with Gasteiger partial charge in [-0.1, -0.05) is 26.0 Å². The number of halogens is 1. The van der Waals surface area contributed by atoms with Gasteiger partial charge in [0.15, 0.2) is 0 Å². The van der Waals surface area contributed by atoms with Crippen molar-refractivity contribution in [3.8, 4) is 0 Å². The molecule has 0 radical (unpaired) electrons. The van der Waals surface area contributed by atoms with Gasteiger partial charge in [-0.05, 0) is 52.7 Å². The van der Waals surface area contributed by atoms with Gasteiger partial charge in [0.2, 0.25) is 5.91 Å². The highest BCUT2D eigenvalue weighted by atomic mass is 79.9. The normalized spacial score (nSPS) is 15.6. The maximum atomic E-state index is 12.3. The molecule has 0 aliphatic heterocycles. The highest BCUT2D eigenvalue weighted by molar-refractivity contribution is 9.10. The van der Waals surface area contributed by atoms with Crippen molar-refractivity contribution >= 4 is 27.7 Å². The third-order valence-electron chi connectivity index (χ3n) is 3.62. The summed E-state index contributed by atoms with van der Waals surface area (Å²) in [6, 6.07) is 6.69. The summed E-state index contributed by atoms with van der Waals surface area (Å²) in [6.45, 7) is 4.58. The molecule has 1 aliphatic carbocycles. The molecule has 21 heavy (non-hydrogen) atoms. The number of nitrogens with one attached hydrogen (secondary N) is 2. The first kappa shape index (κ1) is 16.0. The van der Waals surface area contributed by atoms with E-state index in [0.29, 0.717) is 18.0 Å². The summed E-state index contributed by atoms with van der Waals surface area (Å²) >= 11 is 3.36. The number of benzene rings is 1. The fraction of sp³-hybridized carbons (Fsp3) is 0.500. The zero-order chi connectivity index (χ0) is 15.4. The molecule has 114 valence electrons. The lowest BCUT2D eigenvalue weighted by Gasteiger charge is -2.22. The molecule has 1 aromatic rings. The number of carbonyl (C=O) groups excluding carboxylic acids is 2. The van der Waals surface area contributed by atoms with Crippen molar-refractivity contribution in [2.45, 2.75) is 32.7 Å². The molecule has 0 spiro atoms. The molecule has 1 saturated carbocycles. The Balaban J connectivity index is 1.99. The predicted molar refractivity (Wildman–Crippen MR) is 86.0 cm³/mol. The Bertz CT molecular complexity index is 527. The third-order valence-corrected chi connectivity index (χ3v) is 4.31. The second-order valence-corrected chi connectivity index (χ2v) is 6.72. The van der Waals surface area contributed by atoms with Crippen LogP contribution in [0.4, 0.5) is 0 Å². The average Bonchev–Trinajstić information content (AvgIpc) is 3.26. The quantitative estimate of drug-likeness (QED) is 0.826. The smallest absolute Gasteiger partial charge is 0.253 e. The van der Waals surface area contributed by atoms with Crippen molar-refractivity contribution in [3.63, 3.8) is 0 Å². The Labute approximate surface area is 133 Å². The minimum Gasteiger partial charge on any atom is -0.354 e. The zero-order valence-electron chi connectivity index (χ0n) is 12.4. The molecule has 1 aliphatic rings. The van der Waals surface area contributed by atoms with Gasteiger partial charge in [0.25, 0.3) is 5.91 Å². The summed E-state index contributed by atoms with van der Waals surface area (Å²) in [6.07, 6.45) is 2.38. The fourth-order valence-corrected chi connectivity index (χ4v) is 2.54. The van der Waals surface area contributed by atoms with E-state index in [4.69, 9.17) is 0 Å². The Hall–Kier alpha value is -1.36. The topological polar surface area (TPSA) is 58.2 Å². The monoisotopic (exact) mass is 352 g/mol. The van der Waals surface area contributed by atoms with E-state index < -0.39 is 6.04 Å². The minimum absolute atomic E-state index is 0.0376. The number of rotatable bonds is 6. The molecule has 2 N–H and O–H groups in total. The number of hydrogen-bond donors (Lipinski definition) is 2. The van der Waals surface area contributed by atoms with Crippen molar-refractivity contribution in [2.24, 2.45) is 11.8 Å². The van der Waals surface area contributed by atoms with E-state index in [1.54, 1.807) is 12.1 Å². The van der Waals surface area contributed by atoms with Crippen LogP contribution in [-0.4, -0.2) is 24.4 Å². The van der Waals surface area contributed by atoms with Crippen LogP contribution < -0.4 is 10.6 Å². The summed E-state index contributed by atoms with van der Waals surface area (Å²) in [5.74, 6) is 0.330. The van der Waals surface area contributed by atoms with Gasteiger partial charge in [-0.2, -0.15) is 0 Å². The molecule has 1 unspecified atom stereocenters. The summed E-state index contributed by atoms with van der Waals surface area (Å²) in [4.78, 5) is 24.5. The van der Waals surface area contributed by atoms with Gasteiger partial charge < -0.3 is 10.6 Å². The number of hydrogen-bond acceptors (Lipinski definition) is 2.